The number of hydrogen-bond acceptors (Lipinski definition) is 4. The summed E-state index contributed by atoms with van der Waals surface area (Å²) in [5, 5.41) is 12.1. The lowest BCUT2D eigenvalue weighted by molar-refractivity contribution is 0.0487. The van der Waals surface area contributed by atoms with E-state index in [1.165, 1.54) is 12.1 Å². The van der Waals surface area contributed by atoms with Crippen LogP contribution in [-0.4, -0.2) is 22.9 Å². The molecule has 1 fully saturated rings. The van der Waals surface area contributed by atoms with Gasteiger partial charge in [-0.3, -0.25) is 10.7 Å². The summed E-state index contributed by atoms with van der Waals surface area (Å²) in [5.74, 6) is 0.111. The van der Waals surface area contributed by atoms with E-state index in [4.69, 9.17) is 9.94 Å². The summed E-state index contributed by atoms with van der Waals surface area (Å²) in [7, 11) is 0. The number of alkyl carbamates (subject to hydrolysis) is 1. The fraction of sp³-hybridized carbons (Fsp3) is 0.611. The first-order valence-corrected chi connectivity index (χ1v) is 8.45. The monoisotopic (exact) mass is 338 g/mol. The second-order valence-corrected chi connectivity index (χ2v) is 7.48. The maximum atomic E-state index is 13.4. The third-order valence-electron chi connectivity index (χ3n) is 4.26. The van der Waals surface area contributed by atoms with Gasteiger partial charge in [0.2, 0.25) is 0 Å². The molecule has 5 nitrogen and oxygen atoms in total. The Morgan fingerprint density at radius 3 is 2.54 bits per heavy atom. The van der Waals surface area contributed by atoms with Gasteiger partial charge in [0.25, 0.3) is 0 Å². The highest BCUT2D eigenvalue weighted by Crippen LogP contribution is 2.30. The van der Waals surface area contributed by atoms with E-state index >= 15 is 0 Å². The lowest BCUT2D eigenvalue weighted by atomic mass is 9.82. The van der Waals surface area contributed by atoms with Crippen molar-refractivity contribution in [2.24, 2.45) is 5.92 Å². The average molecular weight is 338 g/mol. The van der Waals surface area contributed by atoms with Crippen LogP contribution in [0.3, 0.4) is 0 Å². The van der Waals surface area contributed by atoms with Gasteiger partial charge in [-0.15, -0.1) is 0 Å². The minimum Gasteiger partial charge on any atom is -0.444 e. The van der Waals surface area contributed by atoms with E-state index in [1.54, 1.807) is 6.07 Å². The van der Waals surface area contributed by atoms with E-state index in [9.17, 15) is 9.18 Å². The lowest BCUT2D eigenvalue weighted by Gasteiger charge is -2.30. The van der Waals surface area contributed by atoms with Crippen LogP contribution in [0.2, 0.25) is 0 Å². The minimum atomic E-state index is -0.494. The Hall–Kier alpha value is -1.82. The van der Waals surface area contributed by atoms with Crippen LogP contribution in [0.4, 0.5) is 14.9 Å². The van der Waals surface area contributed by atoms with E-state index in [0.29, 0.717) is 18.0 Å². The average Bonchev–Trinajstić information content (AvgIpc) is 2.47. The van der Waals surface area contributed by atoms with Gasteiger partial charge in [-0.25, -0.2) is 9.18 Å². The van der Waals surface area contributed by atoms with Crippen molar-refractivity contribution in [3.8, 4) is 0 Å². The topological polar surface area (TPSA) is 70.6 Å². The maximum Gasteiger partial charge on any atom is 0.407 e. The second-order valence-electron chi connectivity index (χ2n) is 7.48. The molecule has 0 aliphatic heterocycles. The third kappa shape index (κ3) is 5.67. The molecular formula is C18H27FN2O3. The first-order chi connectivity index (χ1) is 11.3. The highest BCUT2D eigenvalue weighted by molar-refractivity contribution is 5.68. The quantitative estimate of drug-likeness (QED) is 0.718. The van der Waals surface area contributed by atoms with Crippen molar-refractivity contribution in [1.29, 1.82) is 0 Å². The molecule has 0 atom stereocenters. The van der Waals surface area contributed by atoms with Gasteiger partial charge in [0, 0.05) is 6.04 Å². The molecule has 1 aromatic rings. The number of hydrogen-bond donors (Lipinski definition) is 3. The number of benzene rings is 1. The largest absolute Gasteiger partial charge is 0.444 e. The van der Waals surface area contributed by atoms with Gasteiger partial charge in [0.05, 0.1) is 5.69 Å². The normalized spacial score (nSPS) is 21.2. The Balaban J connectivity index is 1.83. The molecule has 0 spiro atoms. The first-order valence-electron chi connectivity index (χ1n) is 8.45. The van der Waals surface area contributed by atoms with Gasteiger partial charge in [0.1, 0.15) is 11.4 Å². The Morgan fingerprint density at radius 1 is 1.29 bits per heavy atom. The molecule has 1 saturated carbocycles. The van der Waals surface area contributed by atoms with Gasteiger partial charge in [-0.1, -0.05) is 0 Å². The van der Waals surface area contributed by atoms with Crippen LogP contribution < -0.4 is 10.8 Å². The highest BCUT2D eigenvalue weighted by atomic mass is 19.1. The molecule has 6 heteroatoms. The maximum absolute atomic E-state index is 13.4. The van der Waals surface area contributed by atoms with Crippen LogP contribution in [0.15, 0.2) is 18.2 Å². The van der Waals surface area contributed by atoms with Crippen molar-refractivity contribution in [2.75, 3.05) is 5.48 Å². The van der Waals surface area contributed by atoms with Crippen molar-refractivity contribution in [1.82, 2.24) is 5.32 Å². The fourth-order valence-corrected chi connectivity index (χ4v) is 3.14. The molecule has 1 amide bonds. The smallest absolute Gasteiger partial charge is 0.407 e. The fourth-order valence-electron chi connectivity index (χ4n) is 3.14. The molecule has 0 saturated heterocycles. The highest BCUT2D eigenvalue weighted by Gasteiger charge is 2.25. The van der Waals surface area contributed by atoms with Crippen LogP contribution >= 0.6 is 0 Å². The number of ether oxygens (including phenoxy) is 1. The number of halogens is 1. The minimum absolute atomic E-state index is 0.124. The third-order valence-corrected chi connectivity index (χ3v) is 4.26. The number of nitrogens with one attached hydrogen (secondary N) is 2. The van der Waals surface area contributed by atoms with Crippen molar-refractivity contribution in [3.63, 3.8) is 0 Å². The zero-order chi connectivity index (χ0) is 17.7. The van der Waals surface area contributed by atoms with Crippen molar-refractivity contribution < 1.29 is 19.1 Å². The van der Waals surface area contributed by atoms with Gasteiger partial charge >= 0.3 is 6.09 Å². The Kier molecular flexibility index (Phi) is 6.04. The summed E-state index contributed by atoms with van der Waals surface area (Å²) in [6.45, 7) is 5.53. The summed E-state index contributed by atoms with van der Waals surface area (Å²) in [4.78, 5) is 11.8. The molecule has 0 bridgehead atoms. The van der Waals surface area contributed by atoms with E-state index < -0.39 is 5.60 Å². The van der Waals surface area contributed by atoms with Gasteiger partial charge < -0.3 is 10.1 Å². The van der Waals surface area contributed by atoms with Crippen LogP contribution in [-0.2, 0) is 11.2 Å². The number of rotatable bonds is 4. The van der Waals surface area contributed by atoms with E-state index in [0.717, 1.165) is 31.2 Å². The molecule has 1 aliphatic rings. The molecule has 1 aliphatic carbocycles. The zero-order valence-electron chi connectivity index (χ0n) is 14.6. The standard InChI is InChI=1S/C18H27FN2O3/c1-18(2,3)24-17(22)20-15-7-4-12(5-8-15)10-13-11-14(19)6-9-16(13)21-23/h6,9,11-12,15,21,23H,4-5,7-8,10H2,1-3H3,(H,20,22). The van der Waals surface area contributed by atoms with Gasteiger partial charge in [-0.2, -0.15) is 0 Å². The molecule has 0 radical (unpaired) electrons. The molecule has 0 heterocycles. The first kappa shape index (κ1) is 18.5. The Labute approximate surface area is 142 Å². The van der Waals surface area contributed by atoms with Crippen molar-refractivity contribution in [2.45, 2.75) is 64.5 Å². The van der Waals surface area contributed by atoms with E-state index in [1.807, 2.05) is 20.8 Å². The molecular weight excluding hydrogens is 311 g/mol. The molecule has 0 aromatic heterocycles. The summed E-state index contributed by atoms with van der Waals surface area (Å²) < 4.78 is 18.7. The molecule has 134 valence electrons. The predicted octanol–water partition coefficient (Wildman–Crippen LogP) is 4.25. The summed E-state index contributed by atoms with van der Waals surface area (Å²) >= 11 is 0. The van der Waals surface area contributed by atoms with Crippen LogP contribution in [0.25, 0.3) is 0 Å². The van der Waals surface area contributed by atoms with E-state index in [-0.39, 0.29) is 18.0 Å². The molecule has 0 unspecified atom stereocenters. The molecule has 1 aromatic carbocycles. The SMILES string of the molecule is CC(C)(C)OC(=O)NC1CCC(Cc2cc(F)ccc2NO)CC1. The summed E-state index contributed by atoms with van der Waals surface area (Å²) in [6, 6.07) is 4.45. The predicted molar refractivity (Wildman–Crippen MR) is 90.6 cm³/mol. The van der Waals surface area contributed by atoms with Crippen molar-refractivity contribution in [3.05, 3.63) is 29.6 Å². The molecule has 2 rings (SSSR count). The summed E-state index contributed by atoms with van der Waals surface area (Å²) in [6.07, 6.45) is 3.98. The molecule has 24 heavy (non-hydrogen) atoms. The van der Waals surface area contributed by atoms with Crippen LogP contribution in [0.5, 0.6) is 0 Å². The molecule has 3 N–H and O–H groups in total. The lowest BCUT2D eigenvalue weighted by Crippen LogP contribution is -2.41. The van der Waals surface area contributed by atoms with Crippen LogP contribution in [0, 0.1) is 11.7 Å². The van der Waals surface area contributed by atoms with Gasteiger partial charge in [0.15, 0.2) is 0 Å². The Morgan fingerprint density at radius 2 is 1.96 bits per heavy atom. The zero-order valence-corrected chi connectivity index (χ0v) is 14.6. The van der Waals surface area contributed by atoms with Crippen molar-refractivity contribution >= 4 is 11.8 Å². The number of anilines is 1. The number of amides is 1. The van der Waals surface area contributed by atoms with Crippen LogP contribution in [0.1, 0.15) is 52.0 Å². The second kappa shape index (κ2) is 7.83. The number of carbonyl (C=O) groups is 1. The Bertz CT molecular complexity index is 564. The van der Waals surface area contributed by atoms with Gasteiger partial charge in [-0.05, 0) is 82.6 Å². The number of carbonyl (C=O) groups excluding carboxylic acids is 1. The van der Waals surface area contributed by atoms with E-state index in [2.05, 4.69) is 10.8 Å². The summed E-state index contributed by atoms with van der Waals surface area (Å²) in [5.41, 5.74) is 2.96.